The second kappa shape index (κ2) is 5.65. The van der Waals surface area contributed by atoms with E-state index in [0.29, 0.717) is 0 Å². The number of carbonyl (C=O) groups excluding carboxylic acids is 2. The predicted octanol–water partition coefficient (Wildman–Crippen LogP) is 1.16. The minimum absolute atomic E-state index is 0.128. The van der Waals surface area contributed by atoms with Crippen molar-refractivity contribution in [1.82, 2.24) is 10.6 Å². The zero-order chi connectivity index (χ0) is 10.4. The molecule has 0 aromatic heterocycles. The summed E-state index contributed by atoms with van der Waals surface area (Å²) in [5.41, 5.74) is 0. The Morgan fingerprint density at radius 2 is 2.21 bits per heavy atom. The second-order valence-electron chi connectivity index (χ2n) is 3.14. The highest BCUT2D eigenvalue weighted by Gasteiger charge is 2.13. The summed E-state index contributed by atoms with van der Waals surface area (Å²) in [4.78, 5) is 21.9. The van der Waals surface area contributed by atoms with E-state index in [1.54, 1.807) is 0 Å². The Balaban J connectivity index is 2.26. The summed E-state index contributed by atoms with van der Waals surface area (Å²) in [5, 5.41) is 4.84. The van der Waals surface area contributed by atoms with Crippen LogP contribution in [0.1, 0.15) is 19.3 Å². The lowest BCUT2D eigenvalue weighted by atomic mass is 10.0. The molecule has 1 aliphatic rings. The third-order valence-corrected chi connectivity index (χ3v) is 2.22. The molecular formula is C9H13ClN2O2. The fourth-order valence-corrected chi connectivity index (χ4v) is 1.37. The highest BCUT2D eigenvalue weighted by atomic mass is 35.5. The SMILES string of the molecule is O=C(CCl)NC(=O)NC1CC=CCC1. The minimum atomic E-state index is -0.476. The third-order valence-electron chi connectivity index (χ3n) is 1.98. The van der Waals surface area contributed by atoms with Gasteiger partial charge in [0, 0.05) is 6.04 Å². The van der Waals surface area contributed by atoms with E-state index in [4.69, 9.17) is 11.6 Å². The molecule has 0 radical (unpaired) electrons. The molecule has 0 heterocycles. The van der Waals surface area contributed by atoms with Crippen molar-refractivity contribution in [3.05, 3.63) is 12.2 Å². The van der Waals surface area contributed by atoms with Gasteiger partial charge >= 0.3 is 6.03 Å². The Kier molecular flexibility index (Phi) is 4.46. The van der Waals surface area contributed by atoms with Crippen LogP contribution in [0.4, 0.5) is 4.79 Å². The summed E-state index contributed by atoms with van der Waals surface area (Å²) < 4.78 is 0. The summed E-state index contributed by atoms with van der Waals surface area (Å²) >= 11 is 5.24. The van der Waals surface area contributed by atoms with Crippen LogP contribution in [0.15, 0.2) is 12.2 Å². The van der Waals surface area contributed by atoms with Crippen molar-refractivity contribution in [2.24, 2.45) is 0 Å². The molecule has 0 saturated carbocycles. The van der Waals surface area contributed by atoms with Crippen LogP contribution in [0.3, 0.4) is 0 Å². The number of hydrogen-bond donors (Lipinski definition) is 2. The first kappa shape index (κ1) is 11.0. The molecule has 78 valence electrons. The third kappa shape index (κ3) is 3.79. The number of carbonyl (C=O) groups is 2. The lowest BCUT2D eigenvalue weighted by Crippen LogP contribution is -2.45. The molecule has 3 amide bonds. The predicted molar refractivity (Wildman–Crippen MR) is 54.2 cm³/mol. The van der Waals surface area contributed by atoms with Crippen LogP contribution in [0.5, 0.6) is 0 Å². The van der Waals surface area contributed by atoms with Crippen molar-refractivity contribution < 1.29 is 9.59 Å². The molecule has 1 atom stereocenters. The highest BCUT2D eigenvalue weighted by Crippen LogP contribution is 2.09. The van der Waals surface area contributed by atoms with Crippen molar-refractivity contribution in [3.8, 4) is 0 Å². The molecule has 0 saturated heterocycles. The Morgan fingerprint density at radius 1 is 1.43 bits per heavy atom. The van der Waals surface area contributed by atoms with Gasteiger partial charge in [-0.05, 0) is 19.3 Å². The van der Waals surface area contributed by atoms with Gasteiger partial charge in [0.15, 0.2) is 0 Å². The van der Waals surface area contributed by atoms with E-state index in [9.17, 15) is 9.59 Å². The molecule has 0 bridgehead atoms. The van der Waals surface area contributed by atoms with Gasteiger partial charge in [0.05, 0.1) is 0 Å². The maximum Gasteiger partial charge on any atom is 0.321 e. The Hall–Kier alpha value is -1.03. The maximum absolute atomic E-state index is 11.2. The average Bonchev–Trinajstić information content (AvgIpc) is 2.19. The molecular weight excluding hydrogens is 204 g/mol. The first-order chi connectivity index (χ1) is 6.72. The Morgan fingerprint density at radius 3 is 2.79 bits per heavy atom. The normalized spacial score (nSPS) is 20.2. The molecule has 1 aliphatic carbocycles. The highest BCUT2D eigenvalue weighted by molar-refractivity contribution is 6.28. The number of allylic oxidation sites excluding steroid dienone is 1. The molecule has 0 aliphatic heterocycles. The monoisotopic (exact) mass is 216 g/mol. The van der Waals surface area contributed by atoms with Gasteiger partial charge in [-0.2, -0.15) is 0 Å². The summed E-state index contributed by atoms with van der Waals surface area (Å²) in [6.07, 6.45) is 6.81. The first-order valence-electron chi connectivity index (χ1n) is 4.53. The van der Waals surface area contributed by atoms with Crippen LogP contribution in [-0.4, -0.2) is 23.9 Å². The minimum Gasteiger partial charge on any atom is -0.335 e. The van der Waals surface area contributed by atoms with Crippen LogP contribution >= 0.6 is 11.6 Å². The number of urea groups is 1. The van der Waals surface area contributed by atoms with Crippen LogP contribution in [0.25, 0.3) is 0 Å². The molecule has 14 heavy (non-hydrogen) atoms. The fourth-order valence-electron chi connectivity index (χ4n) is 1.31. The van der Waals surface area contributed by atoms with Crippen molar-refractivity contribution >= 4 is 23.5 Å². The lowest BCUT2D eigenvalue weighted by Gasteiger charge is -2.18. The van der Waals surface area contributed by atoms with Gasteiger partial charge in [-0.25, -0.2) is 4.79 Å². The smallest absolute Gasteiger partial charge is 0.321 e. The van der Waals surface area contributed by atoms with E-state index < -0.39 is 11.9 Å². The largest absolute Gasteiger partial charge is 0.335 e. The maximum atomic E-state index is 11.2. The molecule has 4 nitrogen and oxygen atoms in total. The molecule has 0 aromatic carbocycles. The van der Waals surface area contributed by atoms with Crippen molar-refractivity contribution in [1.29, 1.82) is 0 Å². The van der Waals surface area contributed by atoms with Gasteiger partial charge in [0.2, 0.25) is 5.91 Å². The molecule has 1 rings (SSSR count). The zero-order valence-corrected chi connectivity index (χ0v) is 8.51. The van der Waals surface area contributed by atoms with E-state index >= 15 is 0 Å². The topological polar surface area (TPSA) is 58.2 Å². The second-order valence-corrected chi connectivity index (χ2v) is 3.40. The van der Waals surface area contributed by atoms with E-state index in [1.807, 2.05) is 6.08 Å². The summed E-state index contributed by atoms with van der Waals surface area (Å²) in [6.45, 7) is 0. The van der Waals surface area contributed by atoms with Crippen LogP contribution in [0, 0.1) is 0 Å². The number of imide groups is 1. The van der Waals surface area contributed by atoms with Crippen molar-refractivity contribution in [3.63, 3.8) is 0 Å². The zero-order valence-electron chi connectivity index (χ0n) is 7.75. The first-order valence-corrected chi connectivity index (χ1v) is 5.07. The Bertz CT molecular complexity index is 253. The van der Waals surface area contributed by atoms with Crippen LogP contribution in [-0.2, 0) is 4.79 Å². The van der Waals surface area contributed by atoms with Gasteiger partial charge in [0.1, 0.15) is 5.88 Å². The van der Waals surface area contributed by atoms with Gasteiger partial charge in [-0.1, -0.05) is 12.2 Å². The lowest BCUT2D eigenvalue weighted by molar-refractivity contribution is -0.117. The molecule has 0 spiro atoms. The van der Waals surface area contributed by atoms with E-state index in [2.05, 4.69) is 16.7 Å². The Labute approximate surface area is 87.7 Å². The number of amides is 3. The number of hydrogen-bond acceptors (Lipinski definition) is 2. The molecule has 0 fully saturated rings. The quantitative estimate of drug-likeness (QED) is 0.538. The van der Waals surface area contributed by atoms with E-state index in [0.717, 1.165) is 19.3 Å². The van der Waals surface area contributed by atoms with E-state index in [1.165, 1.54) is 0 Å². The van der Waals surface area contributed by atoms with Gasteiger partial charge < -0.3 is 5.32 Å². The number of halogens is 1. The average molecular weight is 217 g/mol. The summed E-state index contributed by atoms with van der Waals surface area (Å²) in [6, 6.07) is -0.334. The fraction of sp³-hybridized carbons (Fsp3) is 0.556. The number of rotatable bonds is 2. The van der Waals surface area contributed by atoms with Crippen LogP contribution < -0.4 is 10.6 Å². The van der Waals surface area contributed by atoms with Crippen LogP contribution in [0.2, 0.25) is 0 Å². The molecule has 1 unspecified atom stereocenters. The number of alkyl halides is 1. The van der Waals surface area contributed by atoms with E-state index in [-0.39, 0.29) is 11.9 Å². The van der Waals surface area contributed by atoms with Crippen molar-refractivity contribution in [2.75, 3.05) is 5.88 Å². The van der Waals surface area contributed by atoms with Gasteiger partial charge in [-0.3, -0.25) is 10.1 Å². The summed E-state index contributed by atoms with van der Waals surface area (Å²) in [7, 11) is 0. The van der Waals surface area contributed by atoms with Gasteiger partial charge in [-0.15, -0.1) is 11.6 Å². The standard InChI is InChI=1S/C9H13ClN2O2/c10-6-8(13)12-9(14)11-7-4-2-1-3-5-7/h1-2,7H,3-6H2,(H2,11,12,13,14). The summed E-state index contributed by atoms with van der Waals surface area (Å²) in [5.74, 6) is -0.673. The molecule has 5 heteroatoms. The number of nitrogens with one attached hydrogen (secondary N) is 2. The molecule has 0 aromatic rings. The van der Waals surface area contributed by atoms with Gasteiger partial charge in [0.25, 0.3) is 0 Å². The molecule has 2 N–H and O–H groups in total. The van der Waals surface area contributed by atoms with Crippen molar-refractivity contribution in [2.45, 2.75) is 25.3 Å².